The molecule has 0 aliphatic rings. The number of hydrogen-bond donors (Lipinski definition) is 2. The van der Waals surface area contributed by atoms with Crippen LogP contribution in [-0.2, 0) is 19.5 Å². The summed E-state index contributed by atoms with van der Waals surface area (Å²) < 4.78 is 7.26. The zero-order valence-corrected chi connectivity index (χ0v) is 14.4. The summed E-state index contributed by atoms with van der Waals surface area (Å²) in [5, 5.41) is 10.9. The number of furan rings is 1. The third-order valence-electron chi connectivity index (χ3n) is 3.92. The van der Waals surface area contributed by atoms with Crippen LogP contribution in [0, 0.1) is 0 Å². The van der Waals surface area contributed by atoms with Gasteiger partial charge in [-0.3, -0.25) is 9.67 Å². The third kappa shape index (κ3) is 4.97. The molecule has 2 N–H and O–H groups in total. The number of nitrogens with one attached hydrogen (secondary N) is 2. The Hall–Kier alpha value is -3.02. The van der Waals surface area contributed by atoms with Gasteiger partial charge in [0.25, 0.3) is 0 Å². The molecule has 0 aliphatic heterocycles. The van der Waals surface area contributed by atoms with E-state index in [1.165, 1.54) is 11.1 Å². The minimum Gasteiger partial charge on any atom is -0.469 e. The summed E-state index contributed by atoms with van der Waals surface area (Å²) in [5.74, 6) is 1.74. The molecule has 3 aromatic rings. The summed E-state index contributed by atoms with van der Waals surface area (Å²) >= 11 is 0. The van der Waals surface area contributed by atoms with Crippen molar-refractivity contribution in [3.05, 3.63) is 78.0 Å². The minimum atomic E-state index is 0.706. The van der Waals surface area contributed by atoms with Gasteiger partial charge in [0.05, 0.1) is 12.8 Å². The zero-order chi connectivity index (χ0) is 17.3. The smallest absolute Gasteiger partial charge is 0.191 e. The molecule has 3 rings (SSSR count). The molecule has 0 fully saturated rings. The first-order valence-corrected chi connectivity index (χ1v) is 8.36. The van der Waals surface area contributed by atoms with Crippen LogP contribution in [-0.4, -0.2) is 29.3 Å². The Bertz CT molecular complexity index is 778. The Morgan fingerprint density at radius 1 is 1.12 bits per heavy atom. The molecule has 0 radical (unpaired) electrons. The molecular formula is C19H23N5O. The number of aromatic nitrogens is 2. The van der Waals surface area contributed by atoms with Crippen molar-refractivity contribution >= 4 is 5.96 Å². The summed E-state index contributed by atoms with van der Waals surface area (Å²) in [6.45, 7) is 2.23. The van der Waals surface area contributed by atoms with Gasteiger partial charge in [0.2, 0.25) is 0 Å². The van der Waals surface area contributed by atoms with E-state index in [9.17, 15) is 0 Å². The molecular weight excluding hydrogens is 314 g/mol. The van der Waals surface area contributed by atoms with Crippen LogP contribution in [0.5, 0.6) is 0 Å². The Labute approximate surface area is 147 Å². The minimum absolute atomic E-state index is 0.706. The van der Waals surface area contributed by atoms with Gasteiger partial charge in [-0.05, 0) is 29.3 Å². The molecule has 0 saturated carbocycles. The lowest BCUT2D eigenvalue weighted by molar-refractivity contribution is 0.507. The van der Waals surface area contributed by atoms with Crippen molar-refractivity contribution in [2.45, 2.75) is 19.5 Å². The lowest BCUT2D eigenvalue weighted by atomic mass is 10.1. The fourth-order valence-corrected chi connectivity index (χ4v) is 2.61. The fraction of sp³-hybridized carbons (Fsp3) is 0.263. The number of guanidine groups is 1. The van der Waals surface area contributed by atoms with E-state index in [0.717, 1.165) is 31.2 Å². The Morgan fingerprint density at radius 2 is 2.00 bits per heavy atom. The molecule has 2 heterocycles. The quantitative estimate of drug-likeness (QED) is 0.513. The average Bonchev–Trinajstić information content (AvgIpc) is 3.33. The second-order valence-electron chi connectivity index (χ2n) is 5.65. The van der Waals surface area contributed by atoms with E-state index in [1.807, 2.05) is 29.1 Å². The van der Waals surface area contributed by atoms with Gasteiger partial charge >= 0.3 is 0 Å². The fourth-order valence-electron chi connectivity index (χ4n) is 2.61. The van der Waals surface area contributed by atoms with E-state index in [1.54, 1.807) is 19.5 Å². The molecule has 2 aromatic heterocycles. The lowest BCUT2D eigenvalue weighted by Gasteiger charge is -2.14. The van der Waals surface area contributed by atoms with E-state index in [2.05, 4.69) is 45.0 Å². The highest BCUT2D eigenvalue weighted by Gasteiger charge is 2.05. The molecule has 0 amide bonds. The summed E-state index contributed by atoms with van der Waals surface area (Å²) in [6.07, 6.45) is 6.29. The molecule has 0 atom stereocenters. The first-order chi connectivity index (χ1) is 12.3. The van der Waals surface area contributed by atoms with Crippen molar-refractivity contribution in [1.29, 1.82) is 0 Å². The van der Waals surface area contributed by atoms with Gasteiger partial charge < -0.3 is 15.1 Å². The van der Waals surface area contributed by atoms with Gasteiger partial charge in [-0.1, -0.05) is 24.3 Å². The predicted molar refractivity (Wildman–Crippen MR) is 98.4 cm³/mol. The van der Waals surface area contributed by atoms with Crippen LogP contribution in [0.15, 0.2) is 70.5 Å². The Morgan fingerprint density at radius 3 is 2.72 bits per heavy atom. The van der Waals surface area contributed by atoms with Crippen molar-refractivity contribution in [2.75, 3.05) is 13.6 Å². The summed E-state index contributed by atoms with van der Waals surface area (Å²) in [7, 11) is 1.78. The maximum atomic E-state index is 5.34. The van der Waals surface area contributed by atoms with Gasteiger partial charge in [0, 0.05) is 39.0 Å². The molecule has 0 aliphatic carbocycles. The summed E-state index contributed by atoms with van der Waals surface area (Å²) in [4.78, 5) is 4.27. The SMILES string of the molecule is CN=C(NCCc1ccco1)NCc1ccccc1Cn1cccn1. The number of aliphatic imine (C=N–C) groups is 1. The van der Waals surface area contributed by atoms with Crippen LogP contribution in [0.2, 0.25) is 0 Å². The van der Waals surface area contributed by atoms with Crippen LogP contribution in [0.25, 0.3) is 0 Å². The molecule has 0 bridgehead atoms. The first kappa shape index (κ1) is 16.8. The molecule has 0 unspecified atom stereocenters. The molecule has 6 nitrogen and oxygen atoms in total. The molecule has 6 heteroatoms. The van der Waals surface area contributed by atoms with Gasteiger partial charge in [0.1, 0.15) is 5.76 Å². The van der Waals surface area contributed by atoms with E-state index in [-0.39, 0.29) is 0 Å². The monoisotopic (exact) mass is 337 g/mol. The van der Waals surface area contributed by atoms with Crippen molar-refractivity contribution in [3.8, 4) is 0 Å². The van der Waals surface area contributed by atoms with Crippen molar-refractivity contribution < 1.29 is 4.42 Å². The zero-order valence-electron chi connectivity index (χ0n) is 14.4. The number of hydrogen-bond acceptors (Lipinski definition) is 3. The van der Waals surface area contributed by atoms with Gasteiger partial charge in [-0.2, -0.15) is 5.10 Å². The van der Waals surface area contributed by atoms with E-state index >= 15 is 0 Å². The highest BCUT2D eigenvalue weighted by molar-refractivity contribution is 5.79. The predicted octanol–water partition coefficient (Wildman–Crippen LogP) is 2.43. The molecule has 1 aromatic carbocycles. The van der Waals surface area contributed by atoms with Gasteiger partial charge in [-0.15, -0.1) is 0 Å². The largest absolute Gasteiger partial charge is 0.469 e. The van der Waals surface area contributed by atoms with Crippen molar-refractivity contribution in [1.82, 2.24) is 20.4 Å². The van der Waals surface area contributed by atoms with Crippen molar-refractivity contribution in [3.63, 3.8) is 0 Å². The standard InChI is InChI=1S/C19H23N5O/c1-20-19(21-11-9-18-8-4-13-25-18)22-14-16-6-2-3-7-17(16)15-24-12-5-10-23-24/h2-8,10,12-13H,9,11,14-15H2,1H3,(H2,20,21,22). The lowest BCUT2D eigenvalue weighted by Crippen LogP contribution is -2.38. The van der Waals surface area contributed by atoms with E-state index in [0.29, 0.717) is 6.54 Å². The molecule has 130 valence electrons. The summed E-state index contributed by atoms with van der Waals surface area (Å²) in [6, 6.07) is 14.2. The first-order valence-electron chi connectivity index (χ1n) is 8.36. The second-order valence-corrected chi connectivity index (χ2v) is 5.65. The van der Waals surface area contributed by atoms with E-state index < -0.39 is 0 Å². The van der Waals surface area contributed by atoms with Crippen LogP contribution < -0.4 is 10.6 Å². The van der Waals surface area contributed by atoms with Crippen LogP contribution in [0.4, 0.5) is 0 Å². The maximum Gasteiger partial charge on any atom is 0.191 e. The van der Waals surface area contributed by atoms with Crippen molar-refractivity contribution in [2.24, 2.45) is 4.99 Å². The normalized spacial score (nSPS) is 11.5. The summed E-state index contributed by atoms with van der Waals surface area (Å²) in [5.41, 5.74) is 2.47. The number of benzene rings is 1. The van der Waals surface area contributed by atoms with Crippen LogP contribution in [0.3, 0.4) is 0 Å². The Balaban J connectivity index is 1.53. The second kappa shape index (κ2) is 8.73. The Kier molecular flexibility index (Phi) is 5.87. The van der Waals surface area contributed by atoms with E-state index in [4.69, 9.17) is 4.42 Å². The number of rotatable bonds is 7. The molecule has 0 saturated heterocycles. The topological polar surface area (TPSA) is 67.4 Å². The van der Waals surface area contributed by atoms with Crippen LogP contribution in [0.1, 0.15) is 16.9 Å². The van der Waals surface area contributed by atoms with Crippen LogP contribution >= 0.6 is 0 Å². The highest BCUT2D eigenvalue weighted by atomic mass is 16.3. The molecule has 25 heavy (non-hydrogen) atoms. The number of nitrogens with zero attached hydrogens (tertiary/aromatic N) is 3. The highest BCUT2D eigenvalue weighted by Crippen LogP contribution is 2.10. The van der Waals surface area contributed by atoms with Gasteiger partial charge in [-0.25, -0.2) is 0 Å². The average molecular weight is 337 g/mol. The molecule has 0 spiro atoms. The van der Waals surface area contributed by atoms with Gasteiger partial charge in [0.15, 0.2) is 5.96 Å². The third-order valence-corrected chi connectivity index (χ3v) is 3.92. The maximum absolute atomic E-state index is 5.34.